The van der Waals surface area contributed by atoms with Crippen LogP contribution in [0.3, 0.4) is 0 Å². The van der Waals surface area contributed by atoms with E-state index >= 15 is 0 Å². The highest BCUT2D eigenvalue weighted by Crippen LogP contribution is 2.28. The van der Waals surface area contributed by atoms with E-state index in [0.29, 0.717) is 10.6 Å². The van der Waals surface area contributed by atoms with Crippen LogP contribution < -0.4 is 5.73 Å². The van der Waals surface area contributed by atoms with Gasteiger partial charge in [0.05, 0.1) is 0 Å². The third-order valence-corrected chi connectivity index (χ3v) is 4.65. The molecule has 2 N–H and O–H groups in total. The minimum Gasteiger partial charge on any atom is -0.457 e. The molecule has 0 unspecified atom stereocenters. The summed E-state index contributed by atoms with van der Waals surface area (Å²) in [6.45, 7) is 0.266. The van der Waals surface area contributed by atoms with Crippen LogP contribution in [0.15, 0.2) is 53.0 Å². The van der Waals surface area contributed by atoms with E-state index in [2.05, 4.69) is 15.9 Å². The number of carbonyl (C=O) groups is 1. The standard InChI is InChI=1S/C16H12BrNO2S/c17-12-3-1-10(2-4-12)9-20-16(19)15-8-11-7-13(18)5-6-14(11)21-15/h1-8H,9,18H2. The number of hydrogen-bond donors (Lipinski definition) is 1. The van der Waals surface area contributed by atoms with Crippen LogP contribution in [0, 0.1) is 0 Å². The van der Waals surface area contributed by atoms with Gasteiger partial charge < -0.3 is 10.5 Å². The van der Waals surface area contributed by atoms with Gasteiger partial charge in [-0.2, -0.15) is 0 Å². The average molecular weight is 362 g/mol. The molecule has 0 aliphatic carbocycles. The monoisotopic (exact) mass is 361 g/mol. The van der Waals surface area contributed by atoms with E-state index in [9.17, 15) is 4.79 Å². The van der Waals surface area contributed by atoms with Gasteiger partial charge in [0, 0.05) is 14.9 Å². The summed E-state index contributed by atoms with van der Waals surface area (Å²) in [5, 5.41) is 0.968. The predicted molar refractivity (Wildman–Crippen MR) is 89.5 cm³/mol. The zero-order valence-corrected chi connectivity index (χ0v) is 13.4. The fraction of sp³-hybridized carbons (Fsp3) is 0.0625. The van der Waals surface area contributed by atoms with Gasteiger partial charge in [0.15, 0.2) is 0 Å². The third kappa shape index (κ3) is 3.25. The molecular weight excluding hydrogens is 350 g/mol. The van der Waals surface area contributed by atoms with Crippen LogP contribution >= 0.6 is 27.3 Å². The summed E-state index contributed by atoms with van der Waals surface area (Å²) in [6.07, 6.45) is 0. The Labute approximate surface area is 134 Å². The van der Waals surface area contributed by atoms with Crippen molar-refractivity contribution in [2.75, 3.05) is 5.73 Å². The molecule has 3 nitrogen and oxygen atoms in total. The maximum absolute atomic E-state index is 12.1. The van der Waals surface area contributed by atoms with Gasteiger partial charge >= 0.3 is 5.97 Å². The largest absolute Gasteiger partial charge is 0.457 e. The number of anilines is 1. The van der Waals surface area contributed by atoms with Gasteiger partial charge in [0.1, 0.15) is 11.5 Å². The first kappa shape index (κ1) is 14.1. The molecule has 0 radical (unpaired) electrons. The lowest BCUT2D eigenvalue weighted by atomic mass is 10.2. The first-order chi connectivity index (χ1) is 10.1. The molecule has 1 aromatic heterocycles. The first-order valence-corrected chi connectivity index (χ1v) is 7.93. The molecule has 0 spiro atoms. The van der Waals surface area contributed by atoms with Crippen LogP contribution in [-0.2, 0) is 11.3 Å². The molecule has 0 amide bonds. The number of thiophene rings is 1. The molecule has 0 aliphatic heterocycles. The Morgan fingerprint density at radius 1 is 1.14 bits per heavy atom. The zero-order chi connectivity index (χ0) is 14.8. The molecule has 3 aromatic rings. The quantitative estimate of drug-likeness (QED) is 0.547. The summed E-state index contributed by atoms with van der Waals surface area (Å²) in [5.41, 5.74) is 7.39. The molecular formula is C16H12BrNO2S. The summed E-state index contributed by atoms with van der Waals surface area (Å²) in [7, 11) is 0. The van der Waals surface area contributed by atoms with Gasteiger partial charge in [-0.1, -0.05) is 28.1 Å². The predicted octanol–water partition coefficient (Wildman–Crippen LogP) is 4.60. The highest BCUT2D eigenvalue weighted by molar-refractivity contribution is 9.10. The Kier molecular flexibility index (Phi) is 3.94. The molecule has 0 bridgehead atoms. The Bertz CT molecular complexity index is 796. The fourth-order valence-corrected chi connectivity index (χ4v) is 3.16. The van der Waals surface area contributed by atoms with E-state index in [4.69, 9.17) is 10.5 Å². The second kappa shape index (κ2) is 5.87. The number of fused-ring (bicyclic) bond motifs is 1. The minimum absolute atomic E-state index is 0.266. The molecule has 0 atom stereocenters. The van der Waals surface area contributed by atoms with Gasteiger partial charge in [0.2, 0.25) is 0 Å². The maximum atomic E-state index is 12.1. The Balaban J connectivity index is 1.73. The summed E-state index contributed by atoms with van der Waals surface area (Å²) < 4.78 is 7.37. The van der Waals surface area contributed by atoms with Crippen LogP contribution in [-0.4, -0.2) is 5.97 Å². The highest BCUT2D eigenvalue weighted by Gasteiger charge is 2.12. The van der Waals surface area contributed by atoms with E-state index in [1.165, 1.54) is 11.3 Å². The van der Waals surface area contributed by atoms with Crippen molar-refractivity contribution in [2.45, 2.75) is 6.61 Å². The molecule has 0 saturated carbocycles. The van der Waals surface area contributed by atoms with Crippen molar-refractivity contribution in [3.8, 4) is 0 Å². The van der Waals surface area contributed by atoms with Crippen molar-refractivity contribution in [3.05, 3.63) is 63.4 Å². The number of carbonyl (C=O) groups excluding carboxylic acids is 1. The molecule has 0 aliphatic rings. The lowest BCUT2D eigenvalue weighted by molar-refractivity contribution is 0.0478. The summed E-state index contributed by atoms with van der Waals surface area (Å²) in [5.74, 6) is -0.308. The normalized spacial score (nSPS) is 10.7. The van der Waals surface area contributed by atoms with E-state index in [1.807, 2.05) is 48.5 Å². The average Bonchev–Trinajstić information content (AvgIpc) is 2.89. The number of ether oxygens (including phenoxy) is 1. The second-order valence-electron chi connectivity index (χ2n) is 4.61. The molecule has 0 saturated heterocycles. The summed E-state index contributed by atoms with van der Waals surface area (Å²) in [4.78, 5) is 12.7. The lowest BCUT2D eigenvalue weighted by Gasteiger charge is -2.03. The second-order valence-corrected chi connectivity index (χ2v) is 6.61. The van der Waals surface area contributed by atoms with Crippen LogP contribution in [0.4, 0.5) is 5.69 Å². The summed E-state index contributed by atoms with van der Waals surface area (Å²) in [6, 6.07) is 15.1. The number of halogens is 1. The number of nitrogen functional groups attached to an aromatic ring is 1. The highest BCUT2D eigenvalue weighted by atomic mass is 79.9. The van der Waals surface area contributed by atoms with E-state index < -0.39 is 0 Å². The number of hydrogen-bond acceptors (Lipinski definition) is 4. The topological polar surface area (TPSA) is 52.3 Å². The SMILES string of the molecule is Nc1ccc2sc(C(=O)OCc3ccc(Br)cc3)cc2c1. The smallest absolute Gasteiger partial charge is 0.348 e. The number of benzene rings is 2. The van der Waals surface area contributed by atoms with Crippen molar-refractivity contribution in [1.29, 1.82) is 0 Å². The van der Waals surface area contributed by atoms with Crippen LogP contribution in [0.2, 0.25) is 0 Å². The number of nitrogens with two attached hydrogens (primary N) is 1. The minimum atomic E-state index is -0.308. The number of esters is 1. The van der Waals surface area contributed by atoms with Crippen molar-refractivity contribution in [3.63, 3.8) is 0 Å². The summed E-state index contributed by atoms with van der Waals surface area (Å²) >= 11 is 4.79. The molecule has 106 valence electrons. The first-order valence-electron chi connectivity index (χ1n) is 6.32. The third-order valence-electron chi connectivity index (χ3n) is 3.02. The Morgan fingerprint density at radius 3 is 2.67 bits per heavy atom. The van der Waals surface area contributed by atoms with Crippen LogP contribution in [0.5, 0.6) is 0 Å². The molecule has 21 heavy (non-hydrogen) atoms. The van der Waals surface area contributed by atoms with Crippen molar-refractivity contribution >= 4 is 49.0 Å². The van der Waals surface area contributed by atoms with E-state index in [0.717, 1.165) is 20.1 Å². The number of rotatable bonds is 3. The zero-order valence-electron chi connectivity index (χ0n) is 11.0. The molecule has 1 heterocycles. The van der Waals surface area contributed by atoms with Crippen molar-refractivity contribution in [1.82, 2.24) is 0 Å². The fourth-order valence-electron chi connectivity index (χ4n) is 1.96. The van der Waals surface area contributed by atoms with Crippen LogP contribution in [0.1, 0.15) is 15.2 Å². The van der Waals surface area contributed by atoms with Gasteiger partial charge in [-0.25, -0.2) is 4.79 Å². The van der Waals surface area contributed by atoms with Gasteiger partial charge in [0.25, 0.3) is 0 Å². The Hall–Kier alpha value is -1.85. The lowest BCUT2D eigenvalue weighted by Crippen LogP contribution is -2.02. The van der Waals surface area contributed by atoms with Gasteiger partial charge in [-0.05, 0) is 47.3 Å². The molecule has 5 heteroatoms. The van der Waals surface area contributed by atoms with Gasteiger partial charge in [-0.15, -0.1) is 11.3 Å². The van der Waals surface area contributed by atoms with Gasteiger partial charge in [-0.3, -0.25) is 0 Å². The van der Waals surface area contributed by atoms with E-state index in [1.54, 1.807) is 0 Å². The van der Waals surface area contributed by atoms with Crippen LogP contribution in [0.25, 0.3) is 10.1 Å². The van der Waals surface area contributed by atoms with Crippen molar-refractivity contribution in [2.24, 2.45) is 0 Å². The molecule has 3 rings (SSSR count). The van der Waals surface area contributed by atoms with E-state index in [-0.39, 0.29) is 12.6 Å². The van der Waals surface area contributed by atoms with Crippen molar-refractivity contribution < 1.29 is 9.53 Å². The Morgan fingerprint density at radius 2 is 1.90 bits per heavy atom. The molecule has 0 fully saturated rings. The maximum Gasteiger partial charge on any atom is 0.348 e. The molecule has 2 aromatic carbocycles.